The first-order valence-electron chi connectivity index (χ1n) is 6.23. The molecule has 1 rings (SSSR count). The van der Waals surface area contributed by atoms with E-state index in [9.17, 15) is 0 Å². The van der Waals surface area contributed by atoms with Gasteiger partial charge in [0.15, 0.2) is 0 Å². The minimum absolute atomic E-state index is 0.164. The van der Waals surface area contributed by atoms with Crippen LogP contribution < -0.4 is 10.5 Å². The van der Waals surface area contributed by atoms with Gasteiger partial charge in [-0.1, -0.05) is 31.9 Å². The summed E-state index contributed by atoms with van der Waals surface area (Å²) in [6.07, 6.45) is 3.83. The monoisotopic (exact) mass is 255 g/mol. The summed E-state index contributed by atoms with van der Waals surface area (Å²) < 4.78 is 5.42. The van der Waals surface area contributed by atoms with Crippen molar-refractivity contribution in [1.29, 1.82) is 0 Å². The molecule has 0 amide bonds. The SMILES string of the molecule is CCCc1cc(OC)c(CC(N)CC)cc1Cl. The van der Waals surface area contributed by atoms with E-state index < -0.39 is 0 Å². The Hall–Kier alpha value is -0.730. The van der Waals surface area contributed by atoms with Crippen molar-refractivity contribution in [2.75, 3.05) is 7.11 Å². The summed E-state index contributed by atoms with van der Waals surface area (Å²) >= 11 is 6.27. The average Bonchev–Trinajstić information content (AvgIpc) is 2.32. The Morgan fingerprint density at radius 3 is 2.53 bits per heavy atom. The second-order valence-electron chi connectivity index (χ2n) is 4.38. The predicted octanol–water partition coefficient (Wildman–Crippen LogP) is 3.58. The standard InChI is InChI=1S/C14H22ClNO/c1-4-6-10-9-14(17-3)11(8-13(10)15)7-12(16)5-2/h8-9,12H,4-7,16H2,1-3H3. The van der Waals surface area contributed by atoms with Crippen LogP contribution in [0.25, 0.3) is 0 Å². The summed E-state index contributed by atoms with van der Waals surface area (Å²) in [5, 5.41) is 0.825. The normalized spacial score (nSPS) is 12.5. The molecule has 1 aromatic rings. The first kappa shape index (κ1) is 14.3. The fourth-order valence-corrected chi connectivity index (χ4v) is 2.15. The van der Waals surface area contributed by atoms with Crippen LogP contribution in [-0.2, 0) is 12.8 Å². The quantitative estimate of drug-likeness (QED) is 0.843. The summed E-state index contributed by atoms with van der Waals surface area (Å²) in [6.45, 7) is 4.23. The van der Waals surface area contributed by atoms with Crippen LogP contribution in [0.3, 0.4) is 0 Å². The van der Waals surface area contributed by atoms with Gasteiger partial charge in [0, 0.05) is 11.1 Å². The molecule has 0 aromatic heterocycles. The maximum Gasteiger partial charge on any atom is 0.122 e. The van der Waals surface area contributed by atoms with E-state index in [4.69, 9.17) is 22.1 Å². The Morgan fingerprint density at radius 2 is 2.00 bits per heavy atom. The van der Waals surface area contributed by atoms with Crippen LogP contribution in [0.5, 0.6) is 5.75 Å². The van der Waals surface area contributed by atoms with Crippen LogP contribution in [0.1, 0.15) is 37.8 Å². The van der Waals surface area contributed by atoms with Crippen LogP contribution >= 0.6 is 11.6 Å². The highest BCUT2D eigenvalue weighted by Crippen LogP contribution is 2.29. The number of ether oxygens (including phenoxy) is 1. The first-order chi connectivity index (χ1) is 8.12. The molecule has 0 aliphatic heterocycles. The molecule has 1 atom stereocenters. The highest BCUT2D eigenvalue weighted by Gasteiger charge is 2.11. The molecule has 2 nitrogen and oxygen atoms in total. The molecule has 2 N–H and O–H groups in total. The number of hydrogen-bond acceptors (Lipinski definition) is 2. The first-order valence-corrected chi connectivity index (χ1v) is 6.61. The lowest BCUT2D eigenvalue weighted by atomic mass is 10.0. The minimum Gasteiger partial charge on any atom is -0.496 e. The number of aryl methyl sites for hydroxylation is 1. The maximum atomic E-state index is 6.27. The molecule has 0 radical (unpaired) electrons. The topological polar surface area (TPSA) is 35.2 Å². The third-order valence-electron chi connectivity index (χ3n) is 2.98. The van der Waals surface area contributed by atoms with Gasteiger partial charge in [-0.15, -0.1) is 0 Å². The lowest BCUT2D eigenvalue weighted by Gasteiger charge is -2.15. The fourth-order valence-electron chi connectivity index (χ4n) is 1.87. The van der Waals surface area contributed by atoms with Crippen molar-refractivity contribution in [3.8, 4) is 5.75 Å². The summed E-state index contributed by atoms with van der Waals surface area (Å²) in [4.78, 5) is 0. The van der Waals surface area contributed by atoms with Gasteiger partial charge in [-0.05, 0) is 42.5 Å². The molecule has 0 spiro atoms. The van der Waals surface area contributed by atoms with E-state index in [1.807, 2.05) is 12.1 Å². The van der Waals surface area contributed by atoms with Gasteiger partial charge in [-0.25, -0.2) is 0 Å². The maximum absolute atomic E-state index is 6.27. The van der Waals surface area contributed by atoms with Crippen molar-refractivity contribution in [3.05, 3.63) is 28.3 Å². The van der Waals surface area contributed by atoms with Gasteiger partial charge < -0.3 is 10.5 Å². The zero-order valence-electron chi connectivity index (χ0n) is 10.9. The van der Waals surface area contributed by atoms with Crippen molar-refractivity contribution in [2.45, 2.75) is 45.6 Å². The van der Waals surface area contributed by atoms with Gasteiger partial charge in [0.1, 0.15) is 5.75 Å². The molecule has 0 saturated carbocycles. The van der Waals surface area contributed by atoms with E-state index >= 15 is 0 Å². The highest BCUT2D eigenvalue weighted by atomic mass is 35.5. The van der Waals surface area contributed by atoms with E-state index in [1.165, 1.54) is 0 Å². The molecular formula is C14H22ClNO. The summed E-state index contributed by atoms with van der Waals surface area (Å²) in [6, 6.07) is 4.21. The third-order valence-corrected chi connectivity index (χ3v) is 3.33. The van der Waals surface area contributed by atoms with E-state index in [0.717, 1.165) is 47.6 Å². The van der Waals surface area contributed by atoms with Crippen molar-refractivity contribution >= 4 is 11.6 Å². The van der Waals surface area contributed by atoms with Crippen LogP contribution in [0.2, 0.25) is 5.02 Å². The van der Waals surface area contributed by atoms with Crippen molar-refractivity contribution in [1.82, 2.24) is 0 Å². The van der Waals surface area contributed by atoms with Crippen LogP contribution in [0.4, 0.5) is 0 Å². The van der Waals surface area contributed by atoms with Crippen LogP contribution in [0.15, 0.2) is 12.1 Å². The molecule has 0 heterocycles. The number of halogens is 1. The Balaban J connectivity index is 3.00. The number of benzene rings is 1. The largest absolute Gasteiger partial charge is 0.496 e. The second-order valence-corrected chi connectivity index (χ2v) is 4.79. The molecule has 17 heavy (non-hydrogen) atoms. The number of nitrogens with two attached hydrogens (primary N) is 1. The predicted molar refractivity (Wildman–Crippen MR) is 74.0 cm³/mol. The molecule has 1 aromatic carbocycles. The van der Waals surface area contributed by atoms with Gasteiger partial charge in [-0.3, -0.25) is 0 Å². The summed E-state index contributed by atoms with van der Waals surface area (Å²) in [5.74, 6) is 0.904. The average molecular weight is 256 g/mol. The Kier molecular flexibility index (Phi) is 5.79. The number of methoxy groups -OCH3 is 1. The van der Waals surface area contributed by atoms with Crippen molar-refractivity contribution < 1.29 is 4.74 Å². The minimum atomic E-state index is 0.164. The summed E-state index contributed by atoms with van der Waals surface area (Å²) in [7, 11) is 1.69. The zero-order valence-corrected chi connectivity index (χ0v) is 11.7. The molecule has 0 saturated heterocycles. The van der Waals surface area contributed by atoms with Crippen molar-refractivity contribution in [2.24, 2.45) is 5.73 Å². The smallest absolute Gasteiger partial charge is 0.122 e. The lowest BCUT2D eigenvalue weighted by Crippen LogP contribution is -2.21. The Morgan fingerprint density at radius 1 is 1.29 bits per heavy atom. The van der Waals surface area contributed by atoms with Gasteiger partial charge in [0.25, 0.3) is 0 Å². The second kappa shape index (κ2) is 6.87. The fraction of sp³-hybridized carbons (Fsp3) is 0.571. The lowest BCUT2D eigenvalue weighted by molar-refractivity contribution is 0.407. The van der Waals surface area contributed by atoms with Crippen LogP contribution in [0, 0.1) is 0 Å². The highest BCUT2D eigenvalue weighted by molar-refractivity contribution is 6.31. The number of rotatable bonds is 6. The molecule has 0 aliphatic rings. The molecule has 3 heteroatoms. The third kappa shape index (κ3) is 3.90. The Labute approximate surface area is 109 Å². The van der Waals surface area contributed by atoms with Crippen molar-refractivity contribution in [3.63, 3.8) is 0 Å². The zero-order chi connectivity index (χ0) is 12.8. The van der Waals surface area contributed by atoms with Gasteiger partial charge in [-0.2, -0.15) is 0 Å². The van der Waals surface area contributed by atoms with E-state index in [2.05, 4.69) is 13.8 Å². The van der Waals surface area contributed by atoms with Crippen LogP contribution in [-0.4, -0.2) is 13.2 Å². The van der Waals surface area contributed by atoms with E-state index in [0.29, 0.717) is 0 Å². The summed E-state index contributed by atoms with van der Waals surface area (Å²) in [5.41, 5.74) is 8.23. The molecule has 1 unspecified atom stereocenters. The van der Waals surface area contributed by atoms with Gasteiger partial charge in [0.2, 0.25) is 0 Å². The molecule has 0 aliphatic carbocycles. The molecule has 0 fully saturated rings. The van der Waals surface area contributed by atoms with E-state index in [1.54, 1.807) is 7.11 Å². The van der Waals surface area contributed by atoms with Gasteiger partial charge in [0.05, 0.1) is 7.11 Å². The van der Waals surface area contributed by atoms with Gasteiger partial charge >= 0.3 is 0 Å². The van der Waals surface area contributed by atoms with E-state index in [-0.39, 0.29) is 6.04 Å². The molecule has 96 valence electrons. The Bertz CT molecular complexity index is 365. The number of hydrogen-bond donors (Lipinski definition) is 1. The molecular weight excluding hydrogens is 234 g/mol. The molecule has 0 bridgehead atoms.